The number of nitrogens with zero attached hydrogens (tertiary/aromatic N) is 2. The third kappa shape index (κ3) is 2.53. The fourth-order valence-corrected chi connectivity index (χ4v) is 2.26. The molecule has 2 rings (SSSR count). The van der Waals surface area contributed by atoms with Crippen LogP contribution in [0.15, 0.2) is 18.3 Å². The highest BCUT2D eigenvalue weighted by atomic mass is 16.3. The molecule has 1 aliphatic heterocycles. The molecule has 3 nitrogen and oxygen atoms in total. The maximum Gasteiger partial charge on any atom is 0.0931 e. The maximum absolute atomic E-state index is 9.39. The molecular formula is C13H20N2O. The first-order valence-electron chi connectivity index (χ1n) is 6.06. The van der Waals surface area contributed by atoms with Crippen molar-refractivity contribution < 1.29 is 5.11 Å². The Balaban J connectivity index is 2.09. The first-order valence-corrected chi connectivity index (χ1v) is 6.06. The van der Waals surface area contributed by atoms with Crippen LogP contribution in [-0.4, -0.2) is 23.2 Å². The Hall–Kier alpha value is -1.09. The minimum Gasteiger partial charge on any atom is -0.387 e. The smallest absolute Gasteiger partial charge is 0.0931 e. The van der Waals surface area contributed by atoms with Crippen molar-refractivity contribution in [3.8, 4) is 0 Å². The molecule has 16 heavy (non-hydrogen) atoms. The Morgan fingerprint density at radius 1 is 1.50 bits per heavy atom. The van der Waals surface area contributed by atoms with E-state index in [2.05, 4.69) is 22.9 Å². The summed E-state index contributed by atoms with van der Waals surface area (Å²) in [5.41, 5.74) is 1.92. The molecule has 2 atom stereocenters. The summed E-state index contributed by atoms with van der Waals surface area (Å²) in [4.78, 5) is 6.67. The number of aliphatic hydroxyl groups excluding tert-OH is 1. The Labute approximate surface area is 97.1 Å². The van der Waals surface area contributed by atoms with Gasteiger partial charge in [-0.25, -0.2) is 0 Å². The Kier molecular flexibility index (Phi) is 3.44. The number of pyridine rings is 1. The van der Waals surface area contributed by atoms with E-state index in [0.29, 0.717) is 0 Å². The van der Waals surface area contributed by atoms with Gasteiger partial charge in [0.2, 0.25) is 0 Å². The molecule has 3 heteroatoms. The van der Waals surface area contributed by atoms with Crippen LogP contribution in [0.5, 0.6) is 0 Å². The Morgan fingerprint density at radius 3 is 2.88 bits per heavy atom. The van der Waals surface area contributed by atoms with Crippen molar-refractivity contribution in [3.05, 3.63) is 24.0 Å². The lowest BCUT2D eigenvalue weighted by molar-refractivity contribution is 0.194. The summed E-state index contributed by atoms with van der Waals surface area (Å²) in [7, 11) is 0. The number of hydrogen-bond donors (Lipinski definition) is 1. The number of aromatic nitrogens is 1. The molecule has 1 N–H and O–H groups in total. The molecule has 1 aromatic rings. The second-order valence-electron chi connectivity index (χ2n) is 4.81. The summed E-state index contributed by atoms with van der Waals surface area (Å²) in [6, 6.07) is 3.98. The van der Waals surface area contributed by atoms with Crippen LogP contribution >= 0.6 is 0 Å². The number of hydrogen-bond acceptors (Lipinski definition) is 3. The highest BCUT2D eigenvalue weighted by Gasteiger charge is 2.16. The third-order valence-corrected chi connectivity index (χ3v) is 3.22. The van der Waals surface area contributed by atoms with Crippen LogP contribution < -0.4 is 4.90 Å². The Bertz CT molecular complexity index is 334. The van der Waals surface area contributed by atoms with Gasteiger partial charge in [0, 0.05) is 13.1 Å². The van der Waals surface area contributed by atoms with Crippen molar-refractivity contribution >= 4 is 5.69 Å². The van der Waals surface area contributed by atoms with Crippen LogP contribution in [0.1, 0.15) is 38.5 Å². The van der Waals surface area contributed by atoms with Crippen LogP contribution in [-0.2, 0) is 0 Å². The van der Waals surface area contributed by atoms with Gasteiger partial charge in [-0.3, -0.25) is 4.98 Å². The molecule has 0 saturated carbocycles. The topological polar surface area (TPSA) is 36.4 Å². The number of anilines is 1. The van der Waals surface area contributed by atoms with Gasteiger partial charge in [-0.05, 0) is 37.8 Å². The first kappa shape index (κ1) is 11.4. The van der Waals surface area contributed by atoms with E-state index in [1.807, 2.05) is 12.3 Å². The summed E-state index contributed by atoms with van der Waals surface area (Å²) < 4.78 is 0. The lowest BCUT2D eigenvalue weighted by atomic mass is 10.00. The van der Waals surface area contributed by atoms with Crippen molar-refractivity contribution in [1.29, 1.82) is 0 Å². The molecule has 1 saturated heterocycles. The van der Waals surface area contributed by atoms with Gasteiger partial charge in [-0.1, -0.05) is 6.92 Å². The number of aliphatic hydroxyl groups is 1. The molecule has 0 bridgehead atoms. The van der Waals surface area contributed by atoms with Crippen molar-refractivity contribution in [2.45, 2.75) is 32.8 Å². The quantitative estimate of drug-likeness (QED) is 0.831. The predicted molar refractivity (Wildman–Crippen MR) is 65.5 cm³/mol. The fourth-order valence-electron chi connectivity index (χ4n) is 2.26. The molecular weight excluding hydrogens is 200 g/mol. The molecule has 1 aromatic heterocycles. The third-order valence-electron chi connectivity index (χ3n) is 3.22. The largest absolute Gasteiger partial charge is 0.387 e. The monoisotopic (exact) mass is 220 g/mol. The zero-order valence-corrected chi connectivity index (χ0v) is 10.1. The van der Waals surface area contributed by atoms with Gasteiger partial charge in [-0.15, -0.1) is 0 Å². The molecule has 1 fully saturated rings. The lowest BCUT2D eigenvalue weighted by Crippen LogP contribution is -2.34. The van der Waals surface area contributed by atoms with Gasteiger partial charge in [0.25, 0.3) is 0 Å². The molecule has 0 radical (unpaired) electrons. The van der Waals surface area contributed by atoms with E-state index in [1.165, 1.54) is 18.5 Å². The molecule has 2 heterocycles. The van der Waals surface area contributed by atoms with Crippen molar-refractivity contribution in [1.82, 2.24) is 4.98 Å². The van der Waals surface area contributed by atoms with Crippen molar-refractivity contribution in [2.75, 3.05) is 18.0 Å². The Morgan fingerprint density at radius 2 is 2.31 bits per heavy atom. The van der Waals surface area contributed by atoms with Crippen molar-refractivity contribution in [2.24, 2.45) is 5.92 Å². The van der Waals surface area contributed by atoms with E-state index in [9.17, 15) is 5.11 Å². The molecule has 88 valence electrons. The molecule has 1 aliphatic rings. The summed E-state index contributed by atoms with van der Waals surface area (Å²) >= 11 is 0. The van der Waals surface area contributed by atoms with Gasteiger partial charge < -0.3 is 10.0 Å². The summed E-state index contributed by atoms with van der Waals surface area (Å²) in [6.45, 7) is 6.28. The molecule has 0 aliphatic carbocycles. The van der Waals surface area contributed by atoms with E-state index in [-0.39, 0.29) is 0 Å². The number of piperidine rings is 1. The van der Waals surface area contributed by atoms with Crippen LogP contribution in [0, 0.1) is 5.92 Å². The average molecular weight is 220 g/mol. The molecule has 0 aromatic carbocycles. The summed E-state index contributed by atoms with van der Waals surface area (Å²) in [5.74, 6) is 0.769. The first-order chi connectivity index (χ1) is 7.66. The fraction of sp³-hybridized carbons (Fsp3) is 0.615. The van der Waals surface area contributed by atoms with E-state index >= 15 is 0 Å². The van der Waals surface area contributed by atoms with Crippen LogP contribution in [0.4, 0.5) is 5.69 Å². The second-order valence-corrected chi connectivity index (χ2v) is 4.81. The highest BCUT2D eigenvalue weighted by Crippen LogP contribution is 2.23. The maximum atomic E-state index is 9.39. The van der Waals surface area contributed by atoms with Gasteiger partial charge in [-0.2, -0.15) is 0 Å². The van der Waals surface area contributed by atoms with E-state index in [1.54, 1.807) is 6.92 Å². The average Bonchev–Trinajstić information content (AvgIpc) is 2.29. The zero-order valence-electron chi connectivity index (χ0n) is 10.1. The minimum absolute atomic E-state index is 0.477. The summed E-state index contributed by atoms with van der Waals surface area (Å²) in [5, 5.41) is 9.39. The van der Waals surface area contributed by atoms with Crippen LogP contribution in [0.3, 0.4) is 0 Å². The van der Waals surface area contributed by atoms with Gasteiger partial charge in [0.15, 0.2) is 0 Å². The van der Waals surface area contributed by atoms with Gasteiger partial charge in [0.05, 0.1) is 23.7 Å². The lowest BCUT2D eigenvalue weighted by Gasteiger charge is -2.32. The predicted octanol–water partition coefficient (Wildman–Crippen LogP) is 2.37. The van der Waals surface area contributed by atoms with Crippen LogP contribution in [0.25, 0.3) is 0 Å². The highest BCUT2D eigenvalue weighted by molar-refractivity contribution is 5.45. The molecule has 1 unspecified atom stereocenters. The normalized spacial score (nSPS) is 23.2. The molecule has 0 spiro atoms. The van der Waals surface area contributed by atoms with Gasteiger partial charge in [0.1, 0.15) is 0 Å². The summed E-state index contributed by atoms with van der Waals surface area (Å²) in [6.07, 6.45) is 3.99. The number of rotatable bonds is 2. The van der Waals surface area contributed by atoms with Gasteiger partial charge >= 0.3 is 0 Å². The van der Waals surface area contributed by atoms with Crippen LogP contribution in [0.2, 0.25) is 0 Å². The van der Waals surface area contributed by atoms with E-state index in [4.69, 9.17) is 0 Å². The van der Waals surface area contributed by atoms with Crippen molar-refractivity contribution in [3.63, 3.8) is 0 Å². The zero-order chi connectivity index (χ0) is 11.5. The second kappa shape index (κ2) is 4.83. The van der Waals surface area contributed by atoms with E-state index < -0.39 is 6.10 Å². The van der Waals surface area contributed by atoms with E-state index in [0.717, 1.165) is 24.7 Å². The molecule has 0 amide bonds. The SMILES string of the molecule is CC1CCCN(c2ccc([C@H](C)O)nc2)C1. The standard InChI is InChI=1S/C13H20N2O/c1-10-4-3-7-15(9-10)12-5-6-13(11(2)16)14-8-12/h5-6,8,10-11,16H,3-4,7,9H2,1-2H3/t10?,11-/m0/s1. The minimum atomic E-state index is -0.477.